The molecule has 0 spiro atoms. The zero-order valence-electron chi connectivity index (χ0n) is 11.1. The number of hydrogen-bond acceptors (Lipinski definition) is 2. The highest BCUT2D eigenvalue weighted by Crippen LogP contribution is 2.33. The third-order valence-corrected chi connectivity index (χ3v) is 3.52. The van der Waals surface area contributed by atoms with Gasteiger partial charge in [-0.1, -0.05) is 29.8 Å². The van der Waals surface area contributed by atoms with Crippen LogP contribution in [0.15, 0.2) is 42.5 Å². The van der Waals surface area contributed by atoms with Crippen LogP contribution in [0.2, 0.25) is 5.02 Å². The van der Waals surface area contributed by atoms with Crippen molar-refractivity contribution in [2.45, 2.75) is 5.92 Å². The van der Waals surface area contributed by atoms with E-state index in [1.165, 1.54) is 6.07 Å². The summed E-state index contributed by atoms with van der Waals surface area (Å²) < 4.78 is 26.5. The maximum Gasteiger partial charge on any atom is 0.321 e. The lowest BCUT2D eigenvalue weighted by atomic mass is 9.81. The number of hydrogen-bond donors (Lipinski definition) is 1. The van der Waals surface area contributed by atoms with E-state index in [0.29, 0.717) is 10.6 Å². The van der Waals surface area contributed by atoms with E-state index >= 15 is 0 Å². The van der Waals surface area contributed by atoms with Gasteiger partial charge in [-0.25, -0.2) is 8.78 Å². The fourth-order valence-electron chi connectivity index (χ4n) is 2.23. The minimum Gasteiger partial charge on any atom is -0.480 e. The van der Waals surface area contributed by atoms with Gasteiger partial charge in [-0.2, -0.15) is 5.26 Å². The summed E-state index contributed by atoms with van der Waals surface area (Å²) in [5.74, 6) is -5.85. The van der Waals surface area contributed by atoms with Gasteiger partial charge < -0.3 is 5.11 Å². The minimum absolute atomic E-state index is 0.204. The predicted octanol–water partition coefficient (Wildman–Crippen LogP) is 3.97. The van der Waals surface area contributed by atoms with E-state index in [-0.39, 0.29) is 5.56 Å². The largest absolute Gasteiger partial charge is 0.480 e. The van der Waals surface area contributed by atoms with Gasteiger partial charge in [-0.15, -0.1) is 0 Å². The zero-order chi connectivity index (χ0) is 16.3. The number of nitriles is 1. The molecule has 2 rings (SSSR count). The van der Waals surface area contributed by atoms with Crippen molar-refractivity contribution in [2.75, 3.05) is 0 Å². The molecule has 0 saturated carbocycles. The molecule has 1 N–H and O–H groups in total. The molecule has 0 unspecified atom stereocenters. The first-order chi connectivity index (χ1) is 10.4. The molecule has 0 aliphatic rings. The molecule has 0 aliphatic heterocycles. The van der Waals surface area contributed by atoms with Gasteiger partial charge in [0.2, 0.25) is 0 Å². The third-order valence-electron chi connectivity index (χ3n) is 3.27. The van der Waals surface area contributed by atoms with Crippen LogP contribution in [0.1, 0.15) is 17.0 Å². The number of nitrogens with zero attached hydrogens (tertiary/aromatic N) is 1. The topological polar surface area (TPSA) is 61.1 Å². The Labute approximate surface area is 130 Å². The number of halogens is 3. The zero-order valence-corrected chi connectivity index (χ0v) is 11.9. The van der Waals surface area contributed by atoms with Gasteiger partial charge in [-0.05, 0) is 35.4 Å². The lowest BCUT2D eigenvalue weighted by molar-refractivity contribution is -0.140. The molecule has 2 aromatic rings. The Morgan fingerprint density at radius 3 is 2.18 bits per heavy atom. The molecule has 2 aromatic carbocycles. The molecule has 0 saturated heterocycles. The normalized spacial score (nSPS) is 13.2. The number of carbonyl (C=O) groups is 1. The lowest BCUT2D eigenvalue weighted by Gasteiger charge is -2.20. The molecule has 0 amide bonds. The second kappa shape index (κ2) is 6.54. The summed E-state index contributed by atoms with van der Waals surface area (Å²) in [6.07, 6.45) is 0. The number of rotatable bonds is 4. The molecule has 2 atom stereocenters. The van der Waals surface area contributed by atoms with Gasteiger partial charge >= 0.3 is 5.97 Å². The Kier molecular flexibility index (Phi) is 4.74. The van der Waals surface area contributed by atoms with Crippen molar-refractivity contribution in [3.63, 3.8) is 0 Å². The van der Waals surface area contributed by atoms with Crippen molar-refractivity contribution in [1.82, 2.24) is 0 Å². The Morgan fingerprint density at radius 1 is 1.09 bits per heavy atom. The highest BCUT2D eigenvalue weighted by atomic mass is 35.5. The van der Waals surface area contributed by atoms with E-state index in [2.05, 4.69) is 0 Å². The monoisotopic (exact) mass is 321 g/mol. The Hall–Kier alpha value is -2.45. The van der Waals surface area contributed by atoms with Crippen molar-refractivity contribution in [3.8, 4) is 6.07 Å². The first-order valence-corrected chi connectivity index (χ1v) is 6.64. The predicted molar refractivity (Wildman–Crippen MR) is 76.4 cm³/mol. The molecule has 0 bridgehead atoms. The molecule has 0 aliphatic carbocycles. The lowest BCUT2D eigenvalue weighted by Crippen LogP contribution is -2.21. The van der Waals surface area contributed by atoms with E-state index in [4.69, 9.17) is 16.9 Å². The summed E-state index contributed by atoms with van der Waals surface area (Å²) in [5, 5.41) is 18.8. The first-order valence-electron chi connectivity index (χ1n) is 6.27. The molecule has 0 radical (unpaired) electrons. The highest BCUT2D eigenvalue weighted by Gasteiger charge is 2.31. The fourth-order valence-corrected chi connectivity index (χ4v) is 2.35. The van der Waals surface area contributed by atoms with Crippen molar-refractivity contribution in [3.05, 3.63) is 70.2 Å². The van der Waals surface area contributed by atoms with Crippen LogP contribution in [-0.2, 0) is 4.79 Å². The van der Waals surface area contributed by atoms with Crippen LogP contribution >= 0.6 is 11.6 Å². The SMILES string of the molecule is N#C[C@H](C(=O)O)[C@@H](c1ccc(Cl)cc1)c1ccc(F)c(F)c1. The number of carboxylic acids is 1. The maximum atomic E-state index is 13.5. The van der Waals surface area contributed by atoms with Gasteiger partial charge in [0, 0.05) is 10.9 Å². The van der Waals surface area contributed by atoms with Crippen LogP contribution in [-0.4, -0.2) is 11.1 Å². The van der Waals surface area contributed by atoms with E-state index < -0.39 is 29.4 Å². The molecule has 112 valence electrons. The molecule has 0 fully saturated rings. The fraction of sp³-hybridized carbons (Fsp3) is 0.125. The highest BCUT2D eigenvalue weighted by molar-refractivity contribution is 6.30. The van der Waals surface area contributed by atoms with Gasteiger partial charge in [0.1, 0.15) is 0 Å². The summed E-state index contributed by atoms with van der Waals surface area (Å²) in [7, 11) is 0. The van der Waals surface area contributed by atoms with Crippen LogP contribution in [0.4, 0.5) is 8.78 Å². The van der Waals surface area contributed by atoms with Crippen LogP contribution in [0.3, 0.4) is 0 Å². The number of benzene rings is 2. The van der Waals surface area contributed by atoms with Crippen molar-refractivity contribution >= 4 is 17.6 Å². The average Bonchev–Trinajstić information content (AvgIpc) is 2.48. The molecular weight excluding hydrogens is 312 g/mol. The first kappa shape index (κ1) is 15.9. The smallest absolute Gasteiger partial charge is 0.321 e. The van der Waals surface area contributed by atoms with Crippen LogP contribution in [0.5, 0.6) is 0 Å². The molecule has 6 heteroatoms. The average molecular weight is 322 g/mol. The van der Waals surface area contributed by atoms with E-state index in [1.54, 1.807) is 30.3 Å². The van der Waals surface area contributed by atoms with Crippen LogP contribution in [0, 0.1) is 28.9 Å². The quantitative estimate of drug-likeness (QED) is 0.926. The second-order valence-corrected chi connectivity index (χ2v) is 5.08. The number of carboxylic acid groups (broad SMARTS) is 1. The van der Waals surface area contributed by atoms with Crippen LogP contribution < -0.4 is 0 Å². The summed E-state index contributed by atoms with van der Waals surface area (Å²) >= 11 is 5.79. The Bertz CT molecular complexity index is 741. The summed E-state index contributed by atoms with van der Waals surface area (Å²) in [6, 6.07) is 11.0. The van der Waals surface area contributed by atoms with Gasteiger partial charge in [0.15, 0.2) is 17.6 Å². The summed E-state index contributed by atoms with van der Waals surface area (Å²) in [6.45, 7) is 0. The van der Waals surface area contributed by atoms with E-state index in [9.17, 15) is 18.7 Å². The molecular formula is C16H10ClF2NO2. The minimum atomic E-state index is -1.44. The third kappa shape index (κ3) is 3.23. The van der Waals surface area contributed by atoms with Crippen molar-refractivity contribution in [1.29, 1.82) is 5.26 Å². The molecule has 0 heterocycles. The van der Waals surface area contributed by atoms with Crippen molar-refractivity contribution in [2.24, 2.45) is 5.92 Å². The van der Waals surface area contributed by atoms with Gasteiger partial charge in [0.05, 0.1) is 6.07 Å². The molecule has 0 aromatic heterocycles. The Balaban J connectivity index is 2.59. The number of aliphatic carboxylic acids is 1. The van der Waals surface area contributed by atoms with Crippen molar-refractivity contribution < 1.29 is 18.7 Å². The van der Waals surface area contributed by atoms with Gasteiger partial charge in [-0.3, -0.25) is 4.79 Å². The van der Waals surface area contributed by atoms with E-state index in [1.807, 2.05) is 0 Å². The summed E-state index contributed by atoms with van der Waals surface area (Å²) in [5.41, 5.74) is 0.680. The Morgan fingerprint density at radius 2 is 1.68 bits per heavy atom. The summed E-state index contributed by atoms with van der Waals surface area (Å²) in [4.78, 5) is 11.3. The van der Waals surface area contributed by atoms with Crippen LogP contribution in [0.25, 0.3) is 0 Å². The van der Waals surface area contributed by atoms with Gasteiger partial charge in [0.25, 0.3) is 0 Å². The molecule has 22 heavy (non-hydrogen) atoms. The maximum absolute atomic E-state index is 13.5. The second-order valence-electron chi connectivity index (χ2n) is 4.65. The van der Waals surface area contributed by atoms with E-state index in [0.717, 1.165) is 12.1 Å². The molecule has 3 nitrogen and oxygen atoms in total. The standard InChI is InChI=1S/C16H10ClF2NO2/c17-11-4-1-9(2-5-11)15(12(8-20)16(21)22)10-3-6-13(18)14(19)7-10/h1-7,12,15H,(H,21,22)/t12-,15-/m0/s1.